The molecule has 0 fully saturated rings. The lowest BCUT2D eigenvalue weighted by molar-refractivity contribution is -0.114. The molecule has 0 bridgehead atoms. The van der Waals surface area contributed by atoms with E-state index in [4.69, 9.17) is 9.26 Å². The van der Waals surface area contributed by atoms with E-state index in [9.17, 15) is 13.2 Å². The van der Waals surface area contributed by atoms with Gasteiger partial charge in [0, 0.05) is 18.2 Å². The Labute approximate surface area is 168 Å². The van der Waals surface area contributed by atoms with Crippen LogP contribution in [-0.4, -0.2) is 31.6 Å². The van der Waals surface area contributed by atoms with Crippen LogP contribution in [0.4, 0.5) is 5.69 Å². The van der Waals surface area contributed by atoms with E-state index in [1.54, 1.807) is 38.3 Å². The summed E-state index contributed by atoms with van der Waals surface area (Å²) in [5.74, 6) is 0.933. The molecule has 9 nitrogen and oxygen atoms in total. The molecule has 1 amide bonds. The first-order chi connectivity index (χ1) is 13.8. The highest BCUT2D eigenvalue weighted by Crippen LogP contribution is 2.23. The molecule has 152 valence electrons. The number of nitrogens with one attached hydrogen (secondary N) is 2. The molecule has 0 spiro atoms. The third-order valence-electron chi connectivity index (χ3n) is 3.98. The topological polar surface area (TPSA) is 123 Å². The van der Waals surface area contributed by atoms with Crippen LogP contribution in [0.3, 0.4) is 0 Å². The average molecular weight is 416 g/mol. The number of carbonyl (C=O) groups is 1. The minimum atomic E-state index is -3.82. The first kappa shape index (κ1) is 20.5. The van der Waals surface area contributed by atoms with Crippen LogP contribution in [0.15, 0.2) is 57.9 Å². The van der Waals surface area contributed by atoms with Crippen molar-refractivity contribution in [1.29, 1.82) is 0 Å². The zero-order chi connectivity index (χ0) is 21.0. The average Bonchev–Trinajstić information content (AvgIpc) is 3.18. The van der Waals surface area contributed by atoms with Gasteiger partial charge in [-0.2, -0.15) is 9.71 Å². The van der Waals surface area contributed by atoms with Gasteiger partial charge in [-0.1, -0.05) is 5.16 Å². The van der Waals surface area contributed by atoms with Gasteiger partial charge >= 0.3 is 0 Å². The summed E-state index contributed by atoms with van der Waals surface area (Å²) in [7, 11) is -2.25. The quantitative estimate of drug-likeness (QED) is 0.607. The highest BCUT2D eigenvalue weighted by molar-refractivity contribution is 7.89. The maximum atomic E-state index is 12.6. The maximum Gasteiger partial charge on any atom is 0.244 e. The molecule has 0 saturated carbocycles. The van der Waals surface area contributed by atoms with Crippen molar-refractivity contribution in [2.24, 2.45) is 0 Å². The summed E-state index contributed by atoms with van der Waals surface area (Å²) in [6, 6.07) is 12.2. The first-order valence-corrected chi connectivity index (χ1v) is 10.1. The first-order valence-electron chi connectivity index (χ1n) is 8.66. The lowest BCUT2D eigenvalue weighted by Gasteiger charge is -2.11. The van der Waals surface area contributed by atoms with Gasteiger partial charge in [-0.25, -0.2) is 8.42 Å². The van der Waals surface area contributed by atoms with Crippen LogP contribution in [0.25, 0.3) is 11.4 Å². The van der Waals surface area contributed by atoms with Crippen LogP contribution in [0.2, 0.25) is 0 Å². The van der Waals surface area contributed by atoms with Crippen molar-refractivity contribution in [2.75, 3.05) is 12.4 Å². The molecule has 0 saturated heterocycles. The van der Waals surface area contributed by atoms with E-state index in [2.05, 4.69) is 20.2 Å². The Morgan fingerprint density at radius 1 is 1.10 bits per heavy atom. The molecule has 2 N–H and O–H groups in total. The number of rotatable bonds is 7. The molecule has 0 aliphatic rings. The summed E-state index contributed by atoms with van der Waals surface area (Å²) < 4.78 is 38.0. The van der Waals surface area contributed by atoms with Gasteiger partial charge in [0.25, 0.3) is 0 Å². The van der Waals surface area contributed by atoms with E-state index in [-0.39, 0.29) is 16.7 Å². The van der Waals surface area contributed by atoms with Gasteiger partial charge in [0.2, 0.25) is 27.6 Å². The fraction of sp³-hybridized carbons (Fsp3) is 0.211. The predicted octanol–water partition coefficient (Wildman–Crippen LogP) is 2.74. The van der Waals surface area contributed by atoms with Gasteiger partial charge in [-0.3, -0.25) is 4.79 Å². The van der Waals surface area contributed by atoms with Crippen molar-refractivity contribution < 1.29 is 22.5 Å². The van der Waals surface area contributed by atoms with Crippen LogP contribution in [-0.2, 0) is 14.8 Å². The summed E-state index contributed by atoms with van der Waals surface area (Å²) in [4.78, 5) is 15.4. The minimum absolute atomic E-state index is 0.0494. The maximum absolute atomic E-state index is 12.6. The molecular formula is C19H20N4O5S. The Kier molecular flexibility index (Phi) is 5.95. The zero-order valence-corrected chi connectivity index (χ0v) is 16.9. The fourth-order valence-electron chi connectivity index (χ4n) is 2.54. The van der Waals surface area contributed by atoms with E-state index >= 15 is 0 Å². The number of nitrogens with zero attached hydrogens (tertiary/aromatic N) is 2. The number of benzene rings is 2. The Bertz CT molecular complexity index is 1090. The molecule has 0 unspecified atom stereocenters. The van der Waals surface area contributed by atoms with E-state index in [0.717, 1.165) is 0 Å². The largest absolute Gasteiger partial charge is 0.497 e. The second kappa shape index (κ2) is 8.41. The number of methoxy groups -OCH3 is 1. The fourth-order valence-corrected chi connectivity index (χ4v) is 3.74. The van der Waals surface area contributed by atoms with Crippen LogP contribution in [0.5, 0.6) is 5.75 Å². The molecule has 1 atom stereocenters. The van der Waals surface area contributed by atoms with E-state index in [1.807, 2.05) is 0 Å². The molecule has 0 aliphatic heterocycles. The van der Waals surface area contributed by atoms with Gasteiger partial charge in [0.1, 0.15) is 5.75 Å². The van der Waals surface area contributed by atoms with Gasteiger partial charge in [-0.05, 0) is 55.5 Å². The molecule has 0 aliphatic carbocycles. The molecule has 2 aromatic carbocycles. The molecule has 3 rings (SSSR count). The van der Waals surface area contributed by atoms with Crippen LogP contribution in [0, 0.1) is 0 Å². The number of hydrogen-bond acceptors (Lipinski definition) is 7. The number of carbonyl (C=O) groups excluding carboxylic acids is 1. The SMILES string of the molecule is COc1ccc(-c2noc([C@@H](C)NS(=O)(=O)c3ccc(NC(C)=O)cc3)n2)cc1. The van der Waals surface area contributed by atoms with Gasteiger partial charge in [0.15, 0.2) is 0 Å². The van der Waals surface area contributed by atoms with E-state index in [1.165, 1.54) is 31.2 Å². The smallest absolute Gasteiger partial charge is 0.244 e. The zero-order valence-electron chi connectivity index (χ0n) is 16.0. The summed E-state index contributed by atoms with van der Waals surface area (Å²) in [5, 5.41) is 6.48. The second-order valence-electron chi connectivity index (χ2n) is 6.23. The lowest BCUT2D eigenvalue weighted by Crippen LogP contribution is -2.27. The molecule has 1 aromatic heterocycles. The van der Waals surface area contributed by atoms with Crippen molar-refractivity contribution in [1.82, 2.24) is 14.9 Å². The summed E-state index contributed by atoms with van der Waals surface area (Å²) >= 11 is 0. The number of ether oxygens (including phenoxy) is 1. The Hall–Kier alpha value is -3.24. The minimum Gasteiger partial charge on any atom is -0.497 e. The molecule has 1 heterocycles. The predicted molar refractivity (Wildman–Crippen MR) is 106 cm³/mol. The Morgan fingerprint density at radius 2 is 1.76 bits per heavy atom. The number of hydrogen-bond donors (Lipinski definition) is 2. The van der Waals surface area contributed by atoms with Crippen molar-refractivity contribution in [2.45, 2.75) is 24.8 Å². The van der Waals surface area contributed by atoms with Crippen LogP contribution < -0.4 is 14.8 Å². The normalized spacial score (nSPS) is 12.4. The van der Waals surface area contributed by atoms with Crippen molar-refractivity contribution in [3.8, 4) is 17.1 Å². The number of amides is 1. The monoisotopic (exact) mass is 416 g/mol. The summed E-state index contributed by atoms with van der Waals surface area (Å²) in [6.45, 7) is 2.98. The van der Waals surface area contributed by atoms with Gasteiger partial charge in [-0.15, -0.1) is 0 Å². The number of sulfonamides is 1. The van der Waals surface area contributed by atoms with E-state index in [0.29, 0.717) is 22.8 Å². The molecular weight excluding hydrogens is 396 g/mol. The van der Waals surface area contributed by atoms with Crippen LogP contribution in [0.1, 0.15) is 25.8 Å². The van der Waals surface area contributed by atoms with Gasteiger partial charge in [0.05, 0.1) is 18.0 Å². The molecule has 0 radical (unpaired) electrons. The highest BCUT2D eigenvalue weighted by Gasteiger charge is 2.23. The third-order valence-corrected chi connectivity index (χ3v) is 5.53. The Balaban J connectivity index is 1.72. The van der Waals surface area contributed by atoms with Crippen molar-refractivity contribution in [3.63, 3.8) is 0 Å². The molecule has 3 aromatic rings. The molecule has 29 heavy (non-hydrogen) atoms. The molecule has 10 heteroatoms. The van der Waals surface area contributed by atoms with Crippen LogP contribution >= 0.6 is 0 Å². The summed E-state index contributed by atoms with van der Waals surface area (Å²) in [5.41, 5.74) is 1.22. The lowest BCUT2D eigenvalue weighted by atomic mass is 10.2. The summed E-state index contributed by atoms with van der Waals surface area (Å²) in [6.07, 6.45) is 0. The highest BCUT2D eigenvalue weighted by atomic mass is 32.2. The number of anilines is 1. The standard InChI is InChI=1S/C19H20N4O5S/c1-12(19-21-18(22-28-19)14-4-8-16(27-3)9-5-14)23-29(25,26)17-10-6-15(7-11-17)20-13(2)24/h4-12,23H,1-3H3,(H,20,24)/t12-/m1/s1. The van der Waals surface area contributed by atoms with Crippen molar-refractivity contribution >= 4 is 21.6 Å². The van der Waals surface area contributed by atoms with E-state index < -0.39 is 16.1 Å². The van der Waals surface area contributed by atoms with Gasteiger partial charge < -0.3 is 14.6 Å². The second-order valence-corrected chi connectivity index (χ2v) is 7.95. The van der Waals surface area contributed by atoms with Crippen molar-refractivity contribution in [3.05, 3.63) is 54.4 Å². The Morgan fingerprint density at radius 3 is 2.34 bits per heavy atom. The third kappa shape index (κ3) is 4.98. The number of aromatic nitrogens is 2.